The first-order valence-corrected chi connectivity index (χ1v) is 6.05. The summed E-state index contributed by atoms with van der Waals surface area (Å²) in [5.74, 6) is -0.388. The molecule has 0 radical (unpaired) electrons. The lowest BCUT2D eigenvalue weighted by Crippen LogP contribution is -2.41. The minimum absolute atomic E-state index is 0.101. The molecule has 0 saturated heterocycles. The van der Waals surface area contributed by atoms with E-state index >= 15 is 0 Å². The highest BCUT2D eigenvalue weighted by Crippen LogP contribution is 2.35. The number of thioether (sulfide) groups is 1. The van der Waals surface area contributed by atoms with Gasteiger partial charge in [-0.05, 0) is 17.7 Å². The highest BCUT2D eigenvalue weighted by atomic mass is 32.2. The predicted molar refractivity (Wildman–Crippen MR) is 64.6 cm³/mol. The van der Waals surface area contributed by atoms with Gasteiger partial charge in [-0.25, -0.2) is 0 Å². The molecule has 1 heterocycles. The summed E-state index contributed by atoms with van der Waals surface area (Å²) in [6.45, 7) is -0.224. The minimum atomic E-state index is -0.550. The van der Waals surface area contributed by atoms with E-state index in [4.69, 9.17) is 10.8 Å². The zero-order valence-corrected chi connectivity index (χ0v) is 9.87. The Balaban J connectivity index is 2.41. The number of benzene rings is 1. The largest absolute Gasteiger partial charge is 0.392 e. The van der Waals surface area contributed by atoms with Crippen molar-refractivity contribution in [3.63, 3.8) is 0 Å². The summed E-state index contributed by atoms with van der Waals surface area (Å²) in [6, 6.07) is 5.35. The molecule has 0 fully saturated rings. The van der Waals surface area contributed by atoms with Crippen LogP contribution in [0.3, 0.4) is 0 Å². The monoisotopic (exact) mass is 252 g/mol. The first-order chi connectivity index (χ1) is 8.11. The van der Waals surface area contributed by atoms with Crippen LogP contribution >= 0.6 is 11.8 Å². The minimum Gasteiger partial charge on any atom is -0.392 e. The molecule has 0 atom stereocenters. The third-order valence-electron chi connectivity index (χ3n) is 2.46. The molecule has 0 unspecified atom stereocenters. The lowest BCUT2D eigenvalue weighted by molar-refractivity contribution is -0.121. The van der Waals surface area contributed by atoms with Gasteiger partial charge in [0.15, 0.2) is 0 Å². The van der Waals surface area contributed by atoms with Crippen LogP contribution < -0.4 is 10.6 Å². The van der Waals surface area contributed by atoms with Gasteiger partial charge >= 0.3 is 0 Å². The van der Waals surface area contributed by atoms with Crippen LogP contribution in [-0.4, -0.2) is 29.2 Å². The number of carbonyl (C=O) groups is 2. The Bertz CT molecular complexity index is 476. The third-order valence-corrected chi connectivity index (χ3v) is 3.51. The van der Waals surface area contributed by atoms with Crippen LogP contribution in [-0.2, 0) is 16.2 Å². The van der Waals surface area contributed by atoms with Crippen molar-refractivity contribution in [3.05, 3.63) is 23.8 Å². The molecular weight excluding hydrogens is 240 g/mol. The fraction of sp³-hybridized carbons (Fsp3) is 0.273. The fourth-order valence-electron chi connectivity index (χ4n) is 1.68. The number of aliphatic hydroxyl groups is 1. The molecule has 1 aliphatic rings. The van der Waals surface area contributed by atoms with E-state index in [0.717, 1.165) is 4.90 Å². The summed E-state index contributed by atoms with van der Waals surface area (Å²) in [7, 11) is 0. The lowest BCUT2D eigenvalue weighted by atomic mass is 10.2. The van der Waals surface area contributed by atoms with Gasteiger partial charge in [-0.15, -0.1) is 11.8 Å². The van der Waals surface area contributed by atoms with Crippen LogP contribution in [0, 0.1) is 0 Å². The molecule has 1 aliphatic heterocycles. The van der Waals surface area contributed by atoms with Crippen molar-refractivity contribution >= 4 is 29.3 Å². The Morgan fingerprint density at radius 3 is 2.94 bits per heavy atom. The molecule has 3 N–H and O–H groups in total. The van der Waals surface area contributed by atoms with Gasteiger partial charge in [0.2, 0.25) is 11.8 Å². The molecule has 17 heavy (non-hydrogen) atoms. The second kappa shape index (κ2) is 4.77. The molecule has 0 bridgehead atoms. The van der Waals surface area contributed by atoms with Crippen LogP contribution in [0.1, 0.15) is 5.56 Å². The van der Waals surface area contributed by atoms with E-state index in [1.54, 1.807) is 12.1 Å². The van der Waals surface area contributed by atoms with Crippen LogP contribution in [0.15, 0.2) is 23.1 Å². The first-order valence-electron chi connectivity index (χ1n) is 5.07. The number of primary amides is 1. The van der Waals surface area contributed by atoms with Gasteiger partial charge in [0.25, 0.3) is 0 Å². The average Bonchev–Trinajstić information content (AvgIpc) is 2.32. The van der Waals surface area contributed by atoms with Crippen molar-refractivity contribution in [2.45, 2.75) is 11.5 Å². The molecule has 1 aromatic rings. The Morgan fingerprint density at radius 1 is 1.53 bits per heavy atom. The van der Waals surface area contributed by atoms with Crippen molar-refractivity contribution < 1.29 is 14.7 Å². The van der Waals surface area contributed by atoms with E-state index in [9.17, 15) is 9.59 Å². The summed E-state index contributed by atoms with van der Waals surface area (Å²) in [4.78, 5) is 25.0. The normalized spacial score (nSPS) is 14.6. The van der Waals surface area contributed by atoms with Crippen molar-refractivity contribution in [1.29, 1.82) is 0 Å². The van der Waals surface area contributed by atoms with Gasteiger partial charge in [0.05, 0.1) is 18.0 Å². The molecule has 2 rings (SSSR count). The summed E-state index contributed by atoms with van der Waals surface area (Å²) >= 11 is 1.42. The molecule has 90 valence electrons. The average molecular weight is 252 g/mol. The Morgan fingerprint density at radius 2 is 2.29 bits per heavy atom. The van der Waals surface area contributed by atoms with E-state index in [0.29, 0.717) is 17.0 Å². The number of nitrogens with zero attached hydrogens (tertiary/aromatic N) is 1. The number of hydrogen-bond acceptors (Lipinski definition) is 4. The van der Waals surface area contributed by atoms with Gasteiger partial charge in [-0.3, -0.25) is 9.59 Å². The number of nitrogens with two attached hydrogens (primary N) is 1. The molecule has 6 heteroatoms. The quantitative estimate of drug-likeness (QED) is 0.799. The second-order valence-electron chi connectivity index (χ2n) is 3.70. The summed E-state index contributed by atoms with van der Waals surface area (Å²) in [5, 5.41) is 9.07. The number of hydrogen-bond donors (Lipinski definition) is 2. The molecule has 5 nitrogen and oxygen atoms in total. The standard InChI is InChI=1S/C11H12N2O3S/c12-10(15)4-13-8-3-7(5-14)1-2-9(8)17-6-11(13)16/h1-3,14H,4-6H2,(H2,12,15). The van der Waals surface area contributed by atoms with Crippen molar-refractivity contribution in [1.82, 2.24) is 0 Å². The molecule has 0 spiro atoms. The topological polar surface area (TPSA) is 83.6 Å². The Hall–Kier alpha value is -1.53. The van der Waals surface area contributed by atoms with E-state index in [-0.39, 0.29) is 19.1 Å². The highest BCUT2D eigenvalue weighted by molar-refractivity contribution is 8.00. The van der Waals surface area contributed by atoms with Crippen LogP contribution in [0.4, 0.5) is 5.69 Å². The SMILES string of the molecule is NC(=O)CN1C(=O)CSc2ccc(CO)cc21. The summed E-state index contributed by atoms with van der Waals surface area (Å²) < 4.78 is 0. The molecule has 0 aliphatic carbocycles. The van der Waals surface area contributed by atoms with Gasteiger partial charge in [-0.1, -0.05) is 6.07 Å². The Labute approximate surface area is 103 Å². The van der Waals surface area contributed by atoms with Gasteiger partial charge in [0, 0.05) is 4.90 Å². The maximum absolute atomic E-state index is 11.7. The van der Waals surface area contributed by atoms with E-state index in [2.05, 4.69) is 0 Å². The zero-order chi connectivity index (χ0) is 12.4. The van der Waals surface area contributed by atoms with E-state index in [1.807, 2.05) is 6.07 Å². The highest BCUT2D eigenvalue weighted by Gasteiger charge is 2.25. The maximum atomic E-state index is 11.7. The molecule has 2 amide bonds. The van der Waals surface area contributed by atoms with Crippen molar-refractivity contribution in [2.75, 3.05) is 17.2 Å². The van der Waals surface area contributed by atoms with Crippen LogP contribution in [0.25, 0.3) is 0 Å². The zero-order valence-electron chi connectivity index (χ0n) is 9.05. The van der Waals surface area contributed by atoms with Crippen LogP contribution in [0.5, 0.6) is 0 Å². The summed E-state index contributed by atoms with van der Waals surface area (Å²) in [5.41, 5.74) is 6.48. The molecule has 0 saturated carbocycles. The Kier molecular flexibility index (Phi) is 3.35. The lowest BCUT2D eigenvalue weighted by Gasteiger charge is -2.28. The van der Waals surface area contributed by atoms with E-state index in [1.165, 1.54) is 16.7 Å². The van der Waals surface area contributed by atoms with E-state index < -0.39 is 5.91 Å². The van der Waals surface area contributed by atoms with Crippen molar-refractivity contribution in [2.24, 2.45) is 5.73 Å². The number of amides is 2. The van der Waals surface area contributed by atoms with Gasteiger partial charge in [0.1, 0.15) is 6.54 Å². The third kappa shape index (κ3) is 2.42. The predicted octanol–water partition coefficient (Wildman–Crippen LogP) is 0.103. The first kappa shape index (κ1) is 11.9. The number of fused-ring (bicyclic) bond motifs is 1. The molecular formula is C11H12N2O3S. The number of carbonyl (C=O) groups excluding carboxylic acids is 2. The number of anilines is 1. The smallest absolute Gasteiger partial charge is 0.237 e. The van der Waals surface area contributed by atoms with Gasteiger partial charge in [-0.2, -0.15) is 0 Å². The second-order valence-corrected chi connectivity index (χ2v) is 4.71. The maximum Gasteiger partial charge on any atom is 0.237 e. The fourth-order valence-corrected chi connectivity index (χ4v) is 2.59. The number of aliphatic hydroxyl groups excluding tert-OH is 1. The summed E-state index contributed by atoms with van der Waals surface area (Å²) in [6.07, 6.45) is 0. The molecule has 1 aromatic carbocycles. The van der Waals surface area contributed by atoms with Crippen molar-refractivity contribution in [3.8, 4) is 0 Å². The van der Waals surface area contributed by atoms with Crippen LogP contribution in [0.2, 0.25) is 0 Å². The van der Waals surface area contributed by atoms with Gasteiger partial charge < -0.3 is 15.7 Å². The number of rotatable bonds is 3. The molecule has 0 aromatic heterocycles.